The first kappa shape index (κ1) is 20.0. The van der Waals surface area contributed by atoms with Crippen LogP contribution >= 0.6 is 0 Å². The molecule has 1 atom stereocenters. The fraction of sp³-hybridized carbons (Fsp3) is 0.476. The van der Waals surface area contributed by atoms with Crippen molar-refractivity contribution in [3.8, 4) is 5.69 Å². The summed E-state index contributed by atoms with van der Waals surface area (Å²) in [7, 11) is 3.36. The number of rotatable bonds is 5. The van der Waals surface area contributed by atoms with Crippen LogP contribution in [0.15, 0.2) is 30.5 Å². The third kappa shape index (κ3) is 4.40. The lowest BCUT2D eigenvalue weighted by molar-refractivity contribution is -0.131. The highest BCUT2D eigenvalue weighted by atomic mass is 19.1. The third-order valence-corrected chi connectivity index (χ3v) is 5.13. The lowest BCUT2D eigenvalue weighted by Crippen LogP contribution is -2.37. The predicted molar refractivity (Wildman–Crippen MR) is 104 cm³/mol. The summed E-state index contributed by atoms with van der Waals surface area (Å²) in [5.74, 6) is -0.534. The molecule has 1 aromatic heterocycles. The molecule has 2 aromatic rings. The predicted octanol–water partition coefficient (Wildman–Crippen LogP) is 3.01. The fourth-order valence-corrected chi connectivity index (χ4v) is 3.71. The van der Waals surface area contributed by atoms with Crippen LogP contribution in [0.1, 0.15) is 50.4 Å². The largest absolute Gasteiger partial charge is 0.349 e. The zero-order chi connectivity index (χ0) is 20.5. The number of fused-ring (bicyclic) bond motifs is 1. The molecule has 1 N–H and O–H groups in total. The number of carbonyl (C=O) groups is 2. The number of nitrogens with zero attached hydrogens (tertiary/aromatic N) is 3. The molecule has 150 valence electrons. The average molecular weight is 386 g/mol. The maximum Gasteiger partial charge on any atom is 0.222 e. The van der Waals surface area contributed by atoms with E-state index in [0.29, 0.717) is 5.69 Å². The molecule has 28 heavy (non-hydrogen) atoms. The topological polar surface area (TPSA) is 67.2 Å². The first-order valence-corrected chi connectivity index (χ1v) is 9.48. The summed E-state index contributed by atoms with van der Waals surface area (Å²) in [6.07, 6.45) is 3.66. The second-order valence-electron chi connectivity index (χ2n) is 8.39. The maximum absolute atomic E-state index is 13.7. The molecule has 2 amide bonds. The summed E-state index contributed by atoms with van der Waals surface area (Å²) in [6.45, 7) is 4.29. The van der Waals surface area contributed by atoms with Gasteiger partial charge in [0.15, 0.2) is 0 Å². The molecule has 7 heteroatoms. The normalized spacial score (nSPS) is 17.7. The summed E-state index contributed by atoms with van der Waals surface area (Å²) >= 11 is 0. The van der Waals surface area contributed by atoms with Gasteiger partial charge >= 0.3 is 0 Å². The molecule has 3 rings (SSSR count). The van der Waals surface area contributed by atoms with Crippen LogP contribution in [0.2, 0.25) is 0 Å². The monoisotopic (exact) mass is 386 g/mol. The zero-order valence-electron chi connectivity index (χ0n) is 16.8. The lowest BCUT2D eigenvalue weighted by Gasteiger charge is -2.36. The fourth-order valence-electron chi connectivity index (χ4n) is 3.71. The van der Waals surface area contributed by atoms with Crippen molar-refractivity contribution in [2.24, 2.45) is 5.41 Å². The van der Waals surface area contributed by atoms with Gasteiger partial charge in [-0.15, -0.1) is 0 Å². The van der Waals surface area contributed by atoms with Crippen molar-refractivity contribution in [2.45, 2.75) is 45.6 Å². The van der Waals surface area contributed by atoms with E-state index in [1.807, 2.05) is 6.07 Å². The number of hydrogen-bond acceptors (Lipinski definition) is 3. The van der Waals surface area contributed by atoms with Gasteiger partial charge in [-0.25, -0.2) is 9.07 Å². The number of halogens is 1. The molecule has 6 nitrogen and oxygen atoms in total. The number of aromatic nitrogens is 2. The number of amides is 2. The smallest absolute Gasteiger partial charge is 0.222 e. The number of nitrogens with one attached hydrogen (secondary N) is 1. The van der Waals surface area contributed by atoms with Gasteiger partial charge in [-0.3, -0.25) is 9.59 Å². The van der Waals surface area contributed by atoms with E-state index in [9.17, 15) is 14.0 Å². The van der Waals surface area contributed by atoms with Crippen molar-refractivity contribution in [1.29, 1.82) is 0 Å². The minimum atomic E-state index is -0.313. The second-order valence-corrected chi connectivity index (χ2v) is 8.39. The van der Waals surface area contributed by atoms with E-state index in [0.717, 1.165) is 24.1 Å². The minimum absolute atomic E-state index is 0.0461. The molecule has 0 saturated heterocycles. The molecule has 0 spiro atoms. The Balaban J connectivity index is 1.82. The van der Waals surface area contributed by atoms with E-state index in [-0.39, 0.29) is 41.9 Å². The Morgan fingerprint density at radius 1 is 1.32 bits per heavy atom. The highest BCUT2D eigenvalue weighted by molar-refractivity contribution is 5.83. The third-order valence-electron chi connectivity index (χ3n) is 5.13. The van der Waals surface area contributed by atoms with Crippen LogP contribution < -0.4 is 5.32 Å². The van der Waals surface area contributed by atoms with Crippen molar-refractivity contribution in [3.63, 3.8) is 0 Å². The van der Waals surface area contributed by atoms with Crippen LogP contribution in [-0.2, 0) is 16.0 Å². The minimum Gasteiger partial charge on any atom is -0.349 e. The first-order chi connectivity index (χ1) is 13.2. The standard InChI is InChI=1S/C21H27FN4O2/c1-21(2)11-17(24-19(27)8-9-20(28)25(3)4)16-13-23-26(18(16)12-21)15-7-5-6-14(22)10-15/h5-7,10,13,17H,8-9,11-12H2,1-4H3,(H,24,27)/t17-/m0/s1. The van der Waals surface area contributed by atoms with Crippen molar-refractivity contribution in [2.75, 3.05) is 14.1 Å². The van der Waals surface area contributed by atoms with Crippen molar-refractivity contribution in [1.82, 2.24) is 20.0 Å². The van der Waals surface area contributed by atoms with Gasteiger partial charge in [0.1, 0.15) is 5.82 Å². The average Bonchev–Trinajstić information content (AvgIpc) is 3.02. The molecule has 1 aliphatic rings. The van der Waals surface area contributed by atoms with Crippen molar-refractivity contribution >= 4 is 11.8 Å². The Hall–Kier alpha value is -2.70. The molecule has 0 aliphatic heterocycles. The van der Waals surface area contributed by atoms with Gasteiger partial charge in [0.25, 0.3) is 0 Å². The van der Waals surface area contributed by atoms with Gasteiger partial charge in [0.2, 0.25) is 11.8 Å². The molecule has 0 fully saturated rings. The molecule has 0 bridgehead atoms. The second kappa shape index (κ2) is 7.73. The molecule has 0 saturated carbocycles. The molecule has 1 aliphatic carbocycles. The van der Waals surface area contributed by atoms with E-state index in [1.54, 1.807) is 31.0 Å². The van der Waals surface area contributed by atoms with Crippen LogP contribution in [0.3, 0.4) is 0 Å². The summed E-state index contributed by atoms with van der Waals surface area (Å²) in [4.78, 5) is 25.6. The van der Waals surface area contributed by atoms with Crippen LogP contribution in [0.5, 0.6) is 0 Å². The molecular weight excluding hydrogens is 359 g/mol. The quantitative estimate of drug-likeness (QED) is 0.859. The van der Waals surface area contributed by atoms with E-state index in [4.69, 9.17) is 0 Å². The Morgan fingerprint density at radius 3 is 2.75 bits per heavy atom. The summed E-state index contributed by atoms with van der Waals surface area (Å²) < 4.78 is 15.4. The molecule has 1 aromatic carbocycles. The maximum atomic E-state index is 13.7. The highest BCUT2D eigenvalue weighted by Gasteiger charge is 2.36. The lowest BCUT2D eigenvalue weighted by atomic mass is 9.74. The van der Waals surface area contributed by atoms with E-state index >= 15 is 0 Å². The molecule has 1 heterocycles. The van der Waals surface area contributed by atoms with Gasteiger partial charge in [-0.1, -0.05) is 19.9 Å². The van der Waals surface area contributed by atoms with Crippen molar-refractivity contribution < 1.29 is 14.0 Å². The Morgan fingerprint density at radius 2 is 2.07 bits per heavy atom. The number of hydrogen-bond donors (Lipinski definition) is 1. The Labute approximate surface area is 164 Å². The van der Waals surface area contributed by atoms with Gasteiger partial charge in [0, 0.05) is 32.5 Å². The van der Waals surface area contributed by atoms with Crippen LogP contribution in [0.25, 0.3) is 5.69 Å². The SMILES string of the molecule is CN(C)C(=O)CCC(=O)N[C@H]1CC(C)(C)Cc2c1cnn2-c1cccc(F)c1. The first-order valence-electron chi connectivity index (χ1n) is 9.48. The van der Waals surface area contributed by atoms with Crippen LogP contribution in [-0.4, -0.2) is 40.6 Å². The summed E-state index contributed by atoms with van der Waals surface area (Å²) in [5, 5.41) is 7.53. The van der Waals surface area contributed by atoms with Crippen LogP contribution in [0, 0.1) is 11.2 Å². The number of benzene rings is 1. The van der Waals surface area contributed by atoms with Gasteiger partial charge in [-0.05, 0) is 36.5 Å². The Kier molecular flexibility index (Phi) is 5.54. The Bertz CT molecular complexity index is 888. The van der Waals surface area contributed by atoms with Gasteiger partial charge in [0.05, 0.1) is 23.6 Å². The molecule has 0 unspecified atom stereocenters. The highest BCUT2D eigenvalue weighted by Crippen LogP contribution is 2.41. The molecule has 0 radical (unpaired) electrons. The number of carbonyl (C=O) groups excluding carboxylic acids is 2. The van der Waals surface area contributed by atoms with E-state index < -0.39 is 0 Å². The summed E-state index contributed by atoms with van der Waals surface area (Å²) in [6, 6.07) is 6.16. The molecular formula is C21H27FN4O2. The van der Waals surface area contributed by atoms with Gasteiger partial charge in [-0.2, -0.15) is 5.10 Å². The van der Waals surface area contributed by atoms with Gasteiger partial charge < -0.3 is 10.2 Å². The van der Waals surface area contributed by atoms with Crippen molar-refractivity contribution in [3.05, 3.63) is 47.5 Å². The van der Waals surface area contributed by atoms with E-state index in [1.165, 1.54) is 17.0 Å². The van der Waals surface area contributed by atoms with Crippen LogP contribution in [0.4, 0.5) is 4.39 Å². The van der Waals surface area contributed by atoms with E-state index in [2.05, 4.69) is 24.3 Å². The summed E-state index contributed by atoms with van der Waals surface area (Å²) in [5.41, 5.74) is 2.56. The zero-order valence-corrected chi connectivity index (χ0v) is 16.8.